The van der Waals surface area contributed by atoms with E-state index < -0.39 is 16.1 Å². The molecule has 1 aliphatic heterocycles. The quantitative estimate of drug-likeness (QED) is 0.238. The Morgan fingerprint density at radius 3 is 2.30 bits per heavy atom. The zero-order chi connectivity index (χ0) is 31.9. The molecule has 4 rings (SSSR count). The van der Waals surface area contributed by atoms with E-state index in [9.17, 15) is 18.0 Å². The molecule has 44 heavy (non-hydrogen) atoms. The molecule has 3 aromatic carbocycles. The van der Waals surface area contributed by atoms with E-state index in [0.29, 0.717) is 39.3 Å². The van der Waals surface area contributed by atoms with Crippen molar-refractivity contribution in [2.24, 2.45) is 5.92 Å². The van der Waals surface area contributed by atoms with Crippen molar-refractivity contribution in [1.29, 1.82) is 0 Å². The average Bonchev–Trinajstić information content (AvgIpc) is 3.45. The van der Waals surface area contributed by atoms with Crippen LogP contribution in [0.25, 0.3) is 0 Å². The number of carbonyl (C=O) groups is 2. The summed E-state index contributed by atoms with van der Waals surface area (Å²) < 4.78 is 37.5. The minimum Gasteiger partial charge on any atom is -0.454 e. The molecule has 236 valence electrons. The van der Waals surface area contributed by atoms with Crippen LogP contribution in [0.1, 0.15) is 37.8 Å². The second-order valence-electron chi connectivity index (χ2n) is 11.0. The van der Waals surface area contributed by atoms with Gasteiger partial charge in [-0.2, -0.15) is 0 Å². The smallest absolute Gasteiger partial charge is 0.243 e. The first-order valence-electron chi connectivity index (χ1n) is 14.4. The Labute approximate surface area is 269 Å². The van der Waals surface area contributed by atoms with Crippen molar-refractivity contribution in [3.8, 4) is 11.5 Å². The molecule has 0 saturated carbocycles. The SMILES string of the molecule is CC(C)CNC(=O)C(Cc1ccccc1)N(Cc1c(Cl)cccc1Cl)C(=O)CCCN(c1ccc2c(c1)OCO2)S(C)(=O)=O. The summed E-state index contributed by atoms with van der Waals surface area (Å²) in [4.78, 5) is 29.2. The molecule has 1 heterocycles. The molecule has 0 spiro atoms. The number of rotatable bonds is 14. The van der Waals surface area contributed by atoms with E-state index in [0.717, 1.165) is 11.8 Å². The van der Waals surface area contributed by atoms with E-state index in [2.05, 4.69) is 5.32 Å². The summed E-state index contributed by atoms with van der Waals surface area (Å²) in [5, 5.41) is 3.74. The van der Waals surface area contributed by atoms with Gasteiger partial charge in [0.2, 0.25) is 28.6 Å². The maximum absolute atomic E-state index is 14.0. The van der Waals surface area contributed by atoms with Gasteiger partial charge in [-0.25, -0.2) is 8.42 Å². The van der Waals surface area contributed by atoms with Gasteiger partial charge in [-0.15, -0.1) is 0 Å². The highest BCUT2D eigenvalue weighted by atomic mass is 35.5. The Hall–Kier alpha value is -3.47. The summed E-state index contributed by atoms with van der Waals surface area (Å²) in [6, 6.07) is 18.6. The molecule has 0 aromatic heterocycles. The molecule has 0 aliphatic carbocycles. The Bertz CT molecular complexity index is 1550. The van der Waals surface area contributed by atoms with E-state index in [-0.39, 0.29) is 56.9 Å². The first kappa shape index (κ1) is 33.4. The summed E-state index contributed by atoms with van der Waals surface area (Å²) in [7, 11) is -3.69. The van der Waals surface area contributed by atoms with Crippen LogP contribution in [0.3, 0.4) is 0 Å². The first-order chi connectivity index (χ1) is 20.9. The Morgan fingerprint density at radius 2 is 1.64 bits per heavy atom. The van der Waals surface area contributed by atoms with Gasteiger partial charge in [-0.3, -0.25) is 13.9 Å². The van der Waals surface area contributed by atoms with Crippen LogP contribution in [0, 0.1) is 5.92 Å². The second kappa shape index (κ2) is 15.0. The number of sulfonamides is 1. The summed E-state index contributed by atoms with van der Waals surface area (Å²) in [5.41, 5.74) is 1.81. The third kappa shape index (κ3) is 8.80. The minimum atomic E-state index is -3.69. The van der Waals surface area contributed by atoms with Gasteiger partial charge in [-0.1, -0.05) is 73.4 Å². The van der Waals surface area contributed by atoms with E-state index in [1.54, 1.807) is 36.4 Å². The number of nitrogens with zero attached hydrogens (tertiary/aromatic N) is 2. The highest BCUT2D eigenvalue weighted by molar-refractivity contribution is 7.92. The predicted molar refractivity (Wildman–Crippen MR) is 173 cm³/mol. The standard InChI is InChI=1S/C32H37Cl2N3O6S/c1-22(2)19-35-32(39)28(17-23-9-5-4-6-10-23)36(20-25-26(33)11-7-12-27(25)34)31(38)13-8-16-37(44(3,40)41)24-14-15-29-30(18-24)43-21-42-29/h4-7,9-12,14-15,18,22,28H,8,13,16-17,19-21H2,1-3H3,(H,35,39). The zero-order valence-corrected chi connectivity index (χ0v) is 27.3. The number of amides is 2. The van der Waals surface area contributed by atoms with Gasteiger partial charge in [0.15, 0.2) is 11.5 Å². The summed E-state index contributed by atoms with van der Waals surface area (Å²) in [5.74, 6) is 0.562. The van der Waals surface area contributed by atoms with Crippen molar-refractivity contribution in [3.05, 3.63) is 87.9 Å². The van der Waals surface area contributed by atoms with Crippen LogP contribution >= 0.6 is 23.2 Å². The number of ether oxygens (including phenoxy) is 2. The lowest BCUT2D eigenvalue weighted by atomic mass is 10.0. The molecule has 0 saturated heterocycles. The normalized spacial score (nSPS) is 13.0. The molecule has 12 heteroatoms. The van der Waals surface area contributed by atoms with Gasteiger partial charge in [-0.05, 0) is 42.2 Å². The lowest BCUT2D eigenvalue weighted by Gasteiger charge is -2.32. The van der Waals surface area contributed by atoms with Crippen LogP contribution in [0.2, 0.25) is 10.0 Å². The van der Waals surface area contributed by atoms with Crippen molar-refractivity contribution in [2.75, 3.05) is 30.4 Å². The van der Waals surface area contributed by atoms with Crippen LogP contribution in [0.15, 0.2) is 66.7 Å². The molecule has 3 aromatic rings. The molecule has 1 aliphatic rings. The predicted octanol–water partition coefficient (Wildman–Crippen LogP) is 5.68. The number of benzene rings is 3. The third-order valence-corrected chi connectivity index (χ3v) is 9.04. The van der Waals surface area contributed by atoms with Crippen LogP contribution in [0.5, 0.6) is 11.5 Å². The maximum atomic E-state index is 14.0. The highest BCUT2D eigenvalue weighted by Gasteiger charge is 2.31. The zero-order valence-electron chi connectivity index (χ0n) is 25.0. The Morgan fingerprint density at radius 1 is 0.955 bits per heavy atom. The Balaban J connectivity index is 1.61. The van der Waals surface area contributed by atoms with Gasteiger partial charge >= 0.3 is 0 Å². The highest BCUT2D eigenvalue weighted by Crippen LogP contribution is 2.36. The molecular formula is C32H37Cl2N3O6S. The van der Waals surface area contributed by atoms with Crippen LogP contribution in [0.4, 0.5) is 5.69 Å². The molecular weight excluding hydrogens is 625 g/mol. The van der Waals surface area contributed by atoms with Crippen molar-refractivity contribution >= 4 is 50.7 Å². The lowest BCUT2D eigenvalue weighted by molar-refractivity contribution is -0.141. The monoisotopic (exact) mass is 661 g/mol. The fourth-order valence-electron chi connectivity index (χ4n) is 4.87. The van der Waals surface area contributed by atoms with Crippen molar-refractivity contribution in [3.63, 3.8) is 0 Å². The van der Waals surface area contributed by atoms with Gasteiger partial charge < -0.3 is 19.7 Å². The van der Waals surface area contributed by atoms with Crippen LogP contribution in [-0.4, -0.2) is 57.3 Å². The van der Waals surface area contributed by atoms with E-state index >= 15 is 0 Å². The maximum Gasteiger partial charge on any atom is 0.243 e. The molecule has 0 radical (unpaired) electrons. The fraction of sp³-hybridized carbons (Fsp3) is 0.375. The molecule has 2 amide bonds. The van der Waals surface area contributed by atoms with E-state index in [4.69, 9.17) is 32.7 Å². The van der Waals surface area contributed by atoms with E-state index in [1.165, 1.54) is 9.21 Å². The molecule has 1 N–H and O–H groups in total. The van der Waals surface area contributed by atoms with Gasteiger partial charge in [0.1, 0.15) is 6.04 Å². The minimum absolute atomic E-state index is 0.00188. The number of nitrogens with one attached hydrogen (secondary N) is 1. The largest absolute Gasteiger partial charge is 0.454 e. The van der Waals surface area contributed by atoms with Crippen molar-refractivity contribution in [1.82, 2.24) is 10.2 Å². The number of hydrogen-bond donors (Lipinski definition) is 1. The van der Waals surface area contributed by atoms with Gasteiger partial charge in [0.05, 0.1) is 11.9 Å². The van der Waals surface area contributed by atoms with Gasteiger partial charge in [0.25, 0.3) is 0 Å². The van der Waals surface area contributed by atoms with Crippen LogP contribution in [-0.2, 0) is 32.6 Å². The molecule has 0 bridgehead atoms. The summed E-state index contributed by atoms with van der Waals surface area (Å²) >= 11 is 13.0. The number of halogens is 2. The first-order valence-corrected chi connectivity index (χ1v) is 17.0. The Kier molecular flexibility index (Phi) is 11.4. The van der Waals surface area contributed by atoms with Gasteiger partial charge in [0, 0.05) is 54.2 Å². The lowest BCUT2D eigenvalue weighted by Crippen LogP contribution is -2.51. The number of hydrogen-bond acceptors (Lipinski definition) is 6. The fourth-order valence-corrected chi connectivity index (χ4v) is 6.35. The van der Waals surface area contributed by atoms with Crippen LogP contribution < -0.4 is 19.1 Å². The molecule has 0 fully saturated rings. The van der Waals surface area contributed by atoms with Crippen molar-refractivity contribution in [2.45, 2.75) is 45.7 Å². The third-order valence-electron chi connectivity index (χ3n) is 7.14. The number of fused-ring (bicyclic) bond motifs is 1. The number of anilines is 1. The van der Waals surface area contributed by atoms with Crippen molar-refractivity contribution < 1.29 is 27.5 Å². The number of carbonyl (C=O) groups excluding carboxylic acids is 2. The topological polar surface area (TPSA) is 105 Å². The summed E-state index contributed by atoms with van der Waals surface area (Å²) in [6.45, 7) is 4.53. The molecule has 9 nitrogen and oxygen atoms in total. The van der Waals surface area contributed by atoms with E-state index in [1.807, 2.05) is 44.2 Å². The summed E-state index contributed by atoms with van der Waals surface area (Å²) in [6.07, 6.45) is 1.55. The molecule has 1 atom stereocenters. The molecule has 1 unspecified atom stereocenters. The average molecular weight is 663 g/mol. The second-order valence-corrected chi connectivity index (χ2v) is 13.8.